The average Bonchev–Trinajstić information content (AvgIpc) is 3.22. The fourth-order valence-corrected chi connectivity index (χ4v) is 4.09. The molecule has 2 heterocycles. The van der Waals surface area contributed by atoms with E-state index in [-0.39, 0.29) is 42.5 Å². The third kappa shape index (κ3) is 6.18. The summed E-state index contributed by atoms with van der Waals surface area (Å²) in [5, 5.41) is 3.01. The maximum Gasteiger partial charge on any atom is 0.305 e. The Balaban J connectivity index is 1.98. The molecular formula is C24H26FN3O6S. The summed E-state index contributed by atoms with van der Waals surface area (Å²) in [6.07, 6.45) is 2.74. The van der Waals surface area contributed by atoms with E-state index in [0.717, 1.165) is 0 Å². The Morgan fingerprint density at radius 1 is 1.31 bits per heavy atom. The molecule has 186 valence electrons. The molecule has 0 aliphatic carbocycles. The number of esters is 1. The molecule has 1 atom stereocenters. The Bertz CT molecular complexity index is 1260. The fraction of sp³-hybridized carbons (Fsp3) is 0.292. The summed E-state index contributed by atoms with van der Waals surface area (Å²) in [6, 6.07) is 7.21. The minimum absolute atomic E-state index is 0.000514. The number of carbonyl (C=O) groups is 2. The lowest BCUT2D eigenvalue weighted by molar-refractivity contribution is -0.140. The van der Waals surface area contributed by atoms with E-state index in [1.165, 1.54) is 48.8 Å². The van der Waals surface area contributed by atoms with Crippen LogP contribution in [0.3, 0.4) is 0 Å². The monoisotopic (exact) mass is 503 g/mol. The van der Waals surface area contributed by atoms with Crippen molar-refractivity contribution < 1.29 is 31.9 Å². The van der Waals surface area contributed by atoms with E-state index in [1.807, 2.05) is 0 Å². The Labute approximate surface area is 204 Å². The molecule has 11 heteroatoms. The third-order valence-corrected chi connectivity index (χ3v) is 6.14. The van der Waals surface area contributed by atoms with Crippen LogP contribution in [-0.2, 0) is 27.3 Å². The number of carbonyl (C=O) groups excluding carboxylic acids is 2. The summed E-state index contributed by atoms with van der Waals surface area (Å²) >= 11 is -2.29. The number of amides is 1. The first kappa shape index (κ1) is 26.2. The number of furan rings is 1. The van der Waals surface area contributed by atoms with Crippen LogP contribution in [0.1, 0.15) is 40.9 Å². The number of aromatic nitrogens is 1. The second-order valence-corrected chi connectivity index (χ2v) is 8.58. The van der Waals surface area contributed by atoms with Crippen LogP contribution >= 0.6 is 0 Å². The summed E-state index contributed by atoms with van der Waals surface area (Å²) in [4.78, 5) is 28.5. The lowest BCUT2D eigenvalue weighted by Crippen LogP contribution is -2.27. The van der Waals surface area contributed by atoms with E-state index in [1.54, 1.807) is 6.07 Å². The number of hydrogen-bond donors (Lipinski definition) is 2. The summed E-state index contributed by atoms with van der Waals surface area (Å²) in [6.45, 7) is 4.04. The highest BCUT2D eigenvalue weighted by Crippen LogP contribution is 2.34. The molecule has 0 aliphatic rings. The highest BCUT2D eigenvalue weighted by molar-refractivity contribution is 7.76. The Kier molecular flexibility index (Phi) is 8.85. The molecule has 0 radical (unpaired) electrons. The summed E-state index contributed by atoms with van der Waals surface area (Å²) in [5.74, 6) is -0.949. The van der Waals surface area contributed by atoms with Crippen LogP contribution in [0.2, 0.25) is 0 Å². The van der Waals surface area contributed by atoms with Gasteiger partial charge in [0.25, 0.3) is 5.91 Å². The minimum atomic E-state index is -2.29. The van der Waals surface area contributed by atoms with E-state index < -0.39 is 23.0 Å². The van der Waals surface area contributed by atoms with Crippen molar-refractivity contribution in [1.29, 1.82) is 0 Å². The predicted octanol–water partition coefficient (Wildman–Crippen LogP) is 3.92. The third-order valence-electron chi connectivity index (χ3n) is 5.39. The van der Waals surface area contributed by atoms with E-state index >= 15 is 0 Å². The van der Waals surface area contributed by atoms with Crippen LogP contribution in [0.15, 0.2) is 41.3 Å². The van der Waals surface area contributed by atoms with Gasteiger partial charge in [-0.25, -0.2) is 13.6 Å². The molecule has 0 aliphatic heterocycles. The molecule has 0 saturated heterocycles. The molecule has 0 fully saturated rings. The summed E-state index contributed by atoms with van der Waals surface area (Å²) < 4.78 is 47.0. The minimum Gasteiger partial charge on any atom is -0.469 e. The van der Waals surface area contributed by atoms with Crippen LogP contribution in [0.4, 0.5) is 4.39 Å². The second kappa shape index (κ2) is 11.8. The lowest BCUT2D eigenvalue weighted by atomic mass is 10.0. The molecule has 2 aromatic heterocycles. The normalized spacial score (nSPS) is 12.0. The molecule has 35 heavy (non-hydrogen) atoms. The maximum atomic E-state index is 13.4. The van der Waals surface area contributed by atoms with E-state index in [4.69, 9.17) is 4.42 Å². The zero-order chi connectivity index (χ0) is 25.5. The number of benzene rings is 1. The number of rotatable bonds is 11. The first-order valence-electron chi connectivity index (χ1n) is 10.8. The van der Waals surface area contributed by atoms with Crippen molar-refractivity contribution in [2.75, 3.05) is 20.7 Å². The predicted molar refractivity (Wildman–Crippen MR) is 130 cm³/mol. The van der Waals surface area contributed by atoms with Crippen LogP contribution in [0.5, 0.6) is 0 Å². The smallest absolute Gasteiger partial charge is 0.305 e. The highest BCUT2D eigenvalue weighted by atomic mass is 32.2. The number of pyridine rings is 1. The van der Waals surface area contributed by atoms with E-state index in [0.29, 0.717) is 35.0 Å². The van der Waals surface area contributed by atoms with E-state index in [9.17, 15) is 22.7 Å². The van der Waals surface area contributed by atoms with Crippen molar-refractivity contribution in [2.45, 2.75) is 25.8 Å². The molecule has 3 rings (SSSR count). The number of nitrogens with zero attached hydrogens (tertiary/aromatic N) is 2. The Morgan fingerprint density at radius 2 is 2.03 bits per heavy atom. The number of nitrogens with one attached hydrogen (secondary N) is 1. The van der Waals surface area contributed by atoms with Crippen molar-refractivity contribution >= 4 is 40.3 Å². The van der Waals surface area contributed by atoms with Crippen LogP contribution in [0.25, 0.3) is 28.5 Å². The number of methoxy groups -OCH3 is 1. The fourth-order valence-electron chi connectivity index (χ4n) is 3.57. The molecule has 0 bridgehead atoms. The van der Waals surface area contributed by atoms with Gasteiger partial charge in [-0.3, -0.25) is 14.1 Å². The van der Waals surface area contributed by atoms with Crippen molar-refractivity contribution in [1.82, 2.24) is 14.6 Å². The molecule has 3 aromatic rings. The zero-order valence-corrected chi connectivity index (χ0v) is 20.2. The van der Waals surface area contributed by atoms with Gasteiger partial charge in [0.15, 0.2) is 0 Å². The van der Waals surface area contributed by atoms with Gasteiger partial charge in [0, 0.05) is 25.6 Å². The zero-order valence-electron chi connectivity index (χ0n) is 19.4. The maximum absolute atomic E-state index is 13.4. The molecule has 0 saturated carbocycles. The Hall–Kier alpha value is -3.41. The van der Waals surface area contributed by atoms with Crippen molar-refractivity contribution in [3.8, 4) is 11.3 Å². The van der Waals surface area contributed by atoms with Crippen LogP contribution in [-0.4, -0.2) is 50.6 Å². The summed E-state index contributed by atoms with van der Waals surface area (Å²) in [5.41, 5.74) is 1.86. The van der Waals surface area contributed by atoms with Gasteiger partial charge >= 0.3 is 5.97 Å². The van der Waals surface area contributed by atoms with Gasteiger partial charge in [-0.1, -0.05) is 12.7 Å². The highest BCUT2D eigenvalue weighted by Gasteiger charge is 2.24. The first-order valence-corrected chi connectivity index (χ1v) is 11.8. The van der Waals surface area contributed by atoms with Gasteiger partial charge in [-0.05, 0) is 48.7 Å². The molecule has 1 aromatic carbocycles. The van der Waals surface area contributed by atoms with Crippen molar-refractivity contribution in [3.05, 3.63) is 59.5 Å². The molecule has 1 amide bonds. The number of halogens is 1. The van der Waals surface area contributed by atoms with Gasteiger partial charge < -0.3 is 14.5 Å². The number of fused-ring (bicyclic) bond motifs is 1. The van der Waals surface area contributed by atoms with Gasteiger partial charge in [-0.2, -0.15) is 4.31 Å². The van der Waals surface area contributed by atoms with Gasteiger partial charge in [0.2, 0.25) is 17.0 Å². The number of unbranched alkanes of at least 4 members (excludes halogenated alkanes) is 1. The quantitative estimate of drug-likeness (QED) is 0.231. The largest absolute Gasteiger partial charge is 0.469 e. The molecular weight excluding hydrogens is 477 g/mol. The average molecular weight is 504 g/mol. The molecule has 2 N–H and O–H groups in total. The van der Waals surface area contributed by atoms with Gasteiger partial charge in [-0.15, -0.1) is 0 Å². The van der Waals surface area contributed by atoms with Crippen molar-refractivity contribution in [2.24, 2.45) is 0 Å². The number of ether oxygens (including phenoxy) is 1. The Morgan fingerprint density at radius 3 is 2.63 bits per heavy atom. The first-order chi connectivity index (χ1) is 16.8. The van der Waals surface area contributed by atoms with Crippen LogP contribution in [0, 0.1) is 5.82 Å². The standard InChI is InChI=1S/C24H26FN3O6S/c1-4-15-13-18-21(23(30)26-2)22(16-8-10-17(25)11-9-16)34-24(18)27-19(15)14-28(35(31)32)12-6-5-7-20(29)33-3/h4,8-11,13H,1,5-7,12,14H2,2-3H3,(H,26,30)(H,31,32). The van der Waals surface area contributed by atoms with E-state index in [2.05, 4.69) is 21.6 Å². The molecule has 0 spiro atoms. The van der Waals surface area contributed by atoms with Gasteiger partial charge in [0.05, 0.1) is 30.3 Å². The topological polar surface area (TPSA) is 122 Å². The second-order valence-electron chi connectivity index (χ2n) is 7.60. The number of hydrogen-bond acceptors (Lipinski definition) is 6. The van der Waals surface area contributed by atoms with Crippen molar-refractivity contribution in [3.63, 3.8) is 0 Å². The van der Waals surface area contributed by atoms with Crippen LogP contribution < -0.4 is 5.32 Å². The lowest BCUT2D eigenvalue weighted by Gasteiger charge is -2.18. The van der Waals surface area contributed by atoms with Gasteiger partial charge in [0.1, 0.15) is 11.6 Å². The molecule has 9 nitrogen and oxygen atoms in total. The summed E-state index contributed by atoms with van der Waals surface area (Å²) in [7, 11) is 2.79. The molecule has 1 unspecified atom stereocenters. The SMILES string of the molecule is C=Cc1cc2c(C(=O)NC)c(-c3ccc(F)cc3)oc2nc1CN(CCCCC(=O)OC)S(=O)O.